The van der Waals surface area contributed by atoms with Gasteiger partial charge in [0.1, 0.15) is 5.52 Å². The molecule has 0 bridgehead atoms. The number of hydrogen-bond acceptors (Lipinski definition) is 3. The van der Waals surface area contributed by atoms with Gasteiger partial charge in [-0.3, -0.25) is 9.78 Å². The SMILES string of the molecule is O=c1c(Cl)nc2cnccc2n1C1CC1. The average Bonchev–Trinajstić information content (AvgIpc) is 3.04. The van der Waals surface area contributed by atoms with E-state index < -0.39 is 0 Å². The van der Waals surface area contributed by atoms with Crippen LogP contribution in [0.4, 0.5) is 0 Å². The first-order chi connectivity index (χ1) is 7.27. The van der Waals surface area contributed by atoms with E-state index in [-0.39, 0.29) is 10.7 Å². The summed E-state index contributed by atoms with van der Waals surface area (Å²) >= 11 is 5.79. The van der Waals surface area contributed by atoms with E-state index in [4.69, 9.17) is 11.6 Å². The molecule has 1 aliphatic rings. The van der Waals surface area contributed by atoms with Crippen molar-refractivity contribution in [3.05, 3.63) is 34.0 Å². The van der Waals surface area contributed by atoms with E-state index in [0.717, 1.165) is 18.4 Å². The summed E-state index contributed by atoms with van der Waals surface area (Å²) in [5.41, 5.74) is 1.30. The van der Waals surface area contributed by atoms with E-state index in [1.54, 1.807) is 23.0 Å². The summed E-state index contributed by atoms with van der Waals surface area (Å²) in [6.45, 7) is 0. The topological polar surface area (TPSA) is 47.8 Å². The van der Waals surface area contributed by atoms with Crippen LogP contribution in [0.15, 0.2) is 23.3 Å². The normalized spacial score (nSPS) is 15.8. The standard InChI is InChI=1S/C10H8ClN3O/c11-9-10(15)14(6-1-2-6)8-3-4-12-5-7(8)13-9/h3-6H,1-2H2. The van der Waals surface area contributed by atoms with Gasteiger partial charge in [-0.25, -0.2) is 4.98 Å². The van der Waals surface area contributed by atoms with E-state index >= 15 is 0 Å². The van der Waals surface area contributed by atoms with Crippen molar-refractivity contribution in [1.82, 2.24) is 14.5 Å². The van der Waals surface area contributed by atoms with Crippen LogP contribution in [0, 0.1) is 0 Å². The summed E-state index contributed by atoms with van der Waals surface area (Å²) in [5, 5.41) is 0.0300. The minimum atomic E-state index is -0.196. The molecule has 0 unspecified atom stereocenters. The van der Waals surface area contributed by atoms with Crippen molar-refractivity contribution in [1.29, 1.82) is 0 Å². The maximum absolute atomic E-state index is 11.8. The highest BCUT2D eigenvalue weighted by atomic mass is 35.5. The molecule has 0 spiro atoms. The van der Waals surface area contributed by atoms with Crippen molar-refractivity contribution in [2.24, 2.45) is 0 Å². The van der Waals surface area contributed by atoms with Crippen molar-refractivity contribution >= 4 is 22.6 Å². The van der Waals surface area contributed by atoms with Crippen LogP contribution in [0.1, 0.15) is 18.9 Å². The van der Waals surface area contributed by atoms with E-state index in [2.05, 4.69) is 9.97 Å². The number of fused-ring (bicyclic) bond motifs is 1. The second-order valence-corrected chi connectivity index (χ2v) is 4.03. The molecule has 0 aliphatic heterocycles. The van der Waals surface area contributed by atoms with Crippen molar-refractivity contribution in [3.63, 3.8) is 0 Å². The number of halogens is 1. The Morgan fingerprint density at radius 1 is 1.47 bits per heavy atom. The average molecular weight is 222 g/mol. The number of rotatable bonds is 1. The number of pyridine rings is 1. The molecule has 0 saturated heterocycles. The smallest absolute Gasteiger partial charge is 0.289 e. The predicted molar refractivity (Wildman–Crippen MR) is 57.1 cm³/mol. The molecule has 0 radical (unpaired) electrons. The number of aromatic nitrogens is 3. The Labute approximate surface area is 90.5 Å². The van der Waals surface area contributed by atoms with Gasteiger partial charge in [0.25, 0.3) is 5.56 Å². The van der Waals surface area contributed by atoms with Gasteiger partial charge in [0.15, 0.2) is 5.15 Å². The molecular formula is C10H8ClN3O. The molecule has 3 rings (SSSR count). The van der Waals surface area contributed by atoms with E-state index in [9.17, 15) is 4.79 Å². The van der Waals surface area contributed by atoms with Crippen molar-refractivity contribution < 1.29 is 0 Å². The lowest BCUT2D eigenvalue weighted by atomic mass is 10.3. The Morgan fingerprint density at radius 3 is 3.00 bits per heavy atom. The molecule has 2 aromatic rings. The summed E-state index contributed by atoms with van der Waals surface area (Å²) in [5.74, 6) is 0. The molecule has 2 aromatic heterocycles. The Morgan fingerprint density at radius 2 is 2.27 bits per heavy atom. The van der Waals surface area contributed by atoms with Gasteiger partial charge in [-0.1, -0.05) is 11.6 Å². The van der Waals surface area contributed by atoms with Gasteiger partial charge in [-0.05, 0) is 18.9 Å². The summed E-state index contributed by atoms with van der Waals surface area (Å²) in [6, 6.07) is 2.10. The molecule has 0 aromatic carbocycles. The third-order valence-corrected chi connectivity index (χ3v) is 2.81. The number of hydrogen-bond donors (Lipinski definition) is 0. The van der Waals surface area contributed by atoms with Crippen molar-refractivity contribution in [3.8, 4) is 0 Å². The maximum atomic E-state index is 11.8. The van der Waals surface area contributed by atoms with Gasteiger partial charge in [0.05, 0.1) is 11.7 Å². The lowest BCUT2D eigenvalue weighted by Gasteiger charge is -2.07. The fourth-order valence-corrected chi connectivity index (χ4v) is 1.91. The third-order valence-electron chi connectivity index (χ3n) is 2.56. The molecule has 15 heavy (non-hydrogen) atoms. The van der Waals surface area contributed by atoms with Gasteiger partial charge in [-0.2, -0.15) is 0 Å². The Bertz CT molecular complexity index is 589. The van der Waals surface area contributed by atoms with Crippen molar-refractivity contribution in [2.75, 3.05) is 0 Å². The highest BCUT2D eigenvalue weighted by molar-refractivity contribution is 6.29. The fraction of sp³-hybridized carbons (Fsp3) is 0.300. The highest BCUT2D eigenvalue weighted by Gasteiger charge is 2.27. The van der Waals surface area contributed by atoms with E-state index in [1.807, 2.05) is 0 Å². The van der Waals surface area contributed by atoms with Gasteiger partial charge in [-0.15, -0.1) is 0 Å². The van der Waals surface area contributed by atoms with Crippen LogP contribution in [0.3, 0.4) is 0 Å². The van der Waals surface area contributed by atoms with Crippen LogP contribution in [-0.4, -0.2) is 14.5 Å². The highest BCUT2D eigenvalue weighted by Crippen LogP contribution is 2.35. The zero-order chi connectivity index (χ0) is 10.4. The Hall–Kier alpha value is -1.42. The molecule has 76 valence electrons. The monoisotopic (exact) mass is 221 g/mol. The Kier molecular flexibility index (Phi) is 1.79. The summed E-state index contributed by atoms with van der Waals surface area (Å²) < 4.78 is 1.73. The second-order valence-electron chi connectivity index (χ2n) is 3.67. The molecule has 2 heterocycles. The van der Waals surface area contributed by atoms with Crippen LogP contribution in [-0.2, 0) is 0 Å². The third kappa shape index (κ3) is 1.33. The molecular weight excluding hydrogens is 214 g/mol. The van der Waals surface area contributed by atoms with Crippen LogP contribution >= 0.6 is 11.6 Å². The van der Waals surface area contributed by atoms with Gasteiger partial charge in [0.2, 0.25) is 0 Å². The summed E-state index contributed by atoms with van der Waals surface area (Å²) in [6.07, 6.45) is 5.37. The van der Waals surface area contributed by atoms with Gasteiger partial charge < -0.3 is 4.57 Å². The largest absolute Gasteiger partial charge is 0.301 e. The Balaban J connectivity index is 2.46. The van der Waals surface area contributed by atoms with Crippen LogP contribution in [0.25, 0.3) is 11.0 Å². The zero-order valence-electron chi connectivity index (χ0n) is 7.85. The first-order valence-electron chi connectivity index (χ1n) is 4.79. The molecule has 0 amide bonds. The lowest BCUT2D eigenvalue weighted by Crippen LogP contribution is -2.21. The van der Waals surface area contributed by atoms with E-state index in [0.29, 0.717) is 11.6 Å². The summed E-state index contributed by atoms with van der Waals surface area (Å²) in [4.78, 5) is 19.8. The van der Waals surface area contributed by atoms with Crippen LogP contribution in [0.5, 0.6) is 0 Å². The minimum Gasteiger partial charge on any atom is -0.301 e. The molecule has 5 heteroatoms. The molecule has 0 atom stereocenters. The van der Waals surface area contributed by atoms with Crippen molar-refractivity contribution in [2.45, 2.75) is 18.9 Å². The minimum absolute atomic E-state index is 0.0300. The quantitative estimate of drug-likeness (QED) is 0.738. The predicted octanol–water partition coefficient (Wildman–Crippen LogP) is 1.78. The lowest BCUT2D eigenvalue weighted by molar-refractivity contribution is 0.733. The summed E-state index contributed by atoms with van der Waals surface area (Å²) in [7, 11) is 0. The van der Waals surface area contributed by atoms with Gasteiger partial charge >= 0.3 is 0 Å². The molecule has 1 aliphatic carbocycles. The zero-order valence-corrected chi connectivity index (χ0v) is 8.61. The maximum Gasteiger partial charge on any atom is 0.289 e. The molecule has 1 fully saturated rings. The first kappa shape index (κ1) is 8.85. The second kappa shape index (κ2) is 3.03. The first-order valence-corrected chi connectivity index (χ1v) is 5.17. The number of nitrogens with zero attached hydrogens (tertiary/aromatic N) is 3. The fourth-order valence-electron chi connectivity index (χ4n) is 1.73. The van der Waals surface area contributed by atoms with Crippen LogP contribution in [0.2, 0.25) is 5.15 Å². The molecule has 1 saturated carbocycles. The van der Waals surface area contributed by atoms with E-state index in [1.165, 1.54) is 0 Å². The molecule has 4 nitrogen and oxygen atoms in total. The van der Waals surface area contributed by atoms with Gasteiger partial charge in [0, 0.05) is 12.2 Å². The van der Waals surface area contributed by atoms with Crippen LogP contribution < -0.4 is 5.56 Å². The molecule has 0 N–H and O–H groups in total.